The molecule has 1 unspecified atom stereocenters. The van der Waals surface area contributed by atoms with Crippen LogP contribution in [0, 0.1) is 11.7 Å². The van der Waals surface area contributed by atoms with Crippen LogP contribution >= 0.6 is 0 Å². The summed E-state index contributed by atoms with van der Waals surface area (Å²) in [5.41, 5.74) is 0.521. The summed E-state index contributed by atoms with van der Waals surface area (Å²) in [6, 6.07) is 6.50. The van der Waals surface area contributed by atoms with Gasteiger partial charge in [-0.05, 0) is 24.9 Å². The lowest BCUT2D eigenvalue weighted by atomic mass is 10.1. The lowest BCUT2D eigenvalue weighted by Crippen LogP contribution is -2.30. The molecule has 116 valence electrons. The fourth-order valence-corrected chi connectivity index (χ4v) is 2.67. The number of ether oxygens (including phenoxy) is 1. The number of hydrogen-bond donors (Lipinski definition) is 1. The van der Waals surface area contributed by atoms with E-state index in [1.54, 1.807) is 25.3 Å². The van der Waals surface area contributed by atoms with E-state index < -0.39 is 0 Å². The molecule has 1 atom stereocenters. The van der Waals surface area contributed by atoms with Gasteiger partial charge in [-0.15, -0.1) is 0 Å². The van der Waals surface area contributed by atoms with Gasteiger partial charge < -0.3 is 15.0 Å². The molecule has 0 spiro atoms. The predicted octanol–water partition coefficient (Wildman–Crippen LogP) is 1.80. The number of likely N-dealkylation sites (tertiary alicyclic amines) is 1. The molecule has 1 fully saturated rings. The van der Waals surface area contributed by atoms with Gasteiger partial charge in [-0.2, -0.15) is 0 Å². The third-order valence-corrected chi connectivity index (χ3v) is 3.86. The van der Waals surface area contributed by atoms with Gasteiger partial charge in [0, 0.05) is 38.7 Å². The van der Waals surface area contributed by atoms with Gasteiger partial charge in [-0.1, -0.05) is 18.2 Å². The lowest BCUT2D eigenvalue weighted by molar-refractivity contribution is -0.121. The summed E-state index contributed by atoms with van der Waals surface area (Å²) in [4.78, 5) is 14.1. The van der Waals surface area contributed by atoms with Crippen LogP contribution in [0.5, 0.6) is 0 Å². The molecule has 1 saturated heterocycles. The maximum atomic E-state index is 13.4. The zero-order valence-corrected chi connectivity index (χ0v) is 12.5. The van der Waals surface area contributed by atoms with Crippen LogP contribution < -0.4 is 5.32 Å². The average Bonchev–Trinajstić information content (AvgIpc) is 2.92. The minimum Gasteiger partial charge on any atom is -0.384 e. The number of carbonyl (C=O) groups is 1. The van der Waals surface area contributed by atoms with Crippen LogP contribution in [0.2, 0.25) is 0 Å². The number of methoxy groups -OCH3 is 1. The van der Waals surface area contributed by atoms with E-state index in [0.717, 1.165) is 32.7 Å². The fourth-order valence-electron chi connectivity index (χ4n) is 2.67. The summed E-state index contributed by atoms with van der Waals surface area (Å²) >= 11 is 0. The highest BCUT2D eigenvalue weighted by molar-refractivity contribution is 5.76. The molecule has 1 aromatic rings. The minimum absolute atomic E-state index is 0.0338. The monoisotopic (exact) mass is 294 g/mol. The van der Waals surface area contributed by atoms with Crippen LogP contribution in [-0.4, -0.2) is 44.2 Å². The topological polar surface area (TPSA) is 41.6 Å². The molecule has 1 aromatic carbocycles. The largest absolute Gasteiger partial charge is 0.384 e. The van der Waals surface area contributed by atoms with Crippen molar-refractivity contribution in [1.29, 1.82) is 0 Å². The Balaban J connectivity index is 1.65. The fraction of sp³-hybridized carbons (Fsp3) is 0.562. The molecular formula is C16H23FN2O2. The molecule has 1 aliphatic heterocycles. The molecule has 0 bridgehead atoms. The number of halogens is 1. The van der Waals surface area contributed by atoms with E-state index in [9.17, 15) is 9.18 Å². The molecule has 1 heterocycles. The van der Waals surface area contributed by atoms with Crippen molar-refractivity contribution in [1.82, 2.24) is 10.2 Å². The second-order valence-corrected chi connectivity index (χ2v) is 5.53. The highest BCUT2D eigenvalue weighted by Crippen LogP contribution is 2.16. The van der Waals surface area contributed by atoms with Crippen LogP contribution in [0.1, 0.15) is 18.4 Å². The average molecular weight is 294 g/mol. The van der Waals surface area contributed by atoms with Crippen LogP contribution in [0.3, 0.4) is 0 Å². The zero-order chi connectivity index (χ0) is 15.1. The Kier molecular flexibility index (Phi) is 6.14. The molecule has 2 rings (SSSR count). The second-order valence-electron chi connectivity index (χ2n) is 5.53. The van der Waals surface area contributed by atoms with Gasteiger partial charge in [0.05, 0.1) is 6.61 Å². The van der Waals surface area contributed by atoms with Crippen molar-refractivity contribution in [2.45, 2.75) is 19.4 Å². The van der Waals surface area contributed by atoms with Gasteiger partial charge in [-0.3, -0.25) is 4.79 Å². The second kappa shape index (κ2) is 8.10. The van der Waals surface area contributed by atoms with E-state index in [-0.39, 0.29) is 18.3 Å². The Labute approximate surface area is 125 Å². The molecule has 4 nitrogen and oxygen atoms in total. The maximum absolute atomic E-state index is 13.4. The van der Waals surface area contributed by atoms with Crippen LogP contribution in [0.15, 0.2) is 24.3 Å². The minimum atomic E-state index is -0.278. The number of amides is 1. The van der Waals surface area contributed by atoms with E-state index in [1.807, 2.05) is 0 Å². The van der Waals surface area contributed by atoms with Crippen molar-refractivity contribution in [3.05, 3.63) is 35.6 Å². The molecule has 0 aromatic heterocycles. The Bertz CT molecular complexity index is 467. The van der Waals surface area contributed by atoms with Crippen LogP contribution in [0.4, 0.5) is 4.39 Å². The summed E-state index contributed by atoms with van der Waals surface area (Å²) < 4.78 is 18.6. The number of benzene rings is 1. The summed E-state index contributed by atoms with van der Waals surface area (Å²) in [5.74, 6) is 0.268. The molecule has 0 saturated carbocycles. The number of nitrogens with zero attached hydrogens (tertiary/aromatic N) is 1. The Morgan fingerprint density at radius 1 is 1.48 bits per heavy atom. The molecule has 21 heavy (non-hydrogen) atoms. The van der Waals surface area contributed by atoms with E-state index in [0.29, 0.717) is 17.9 Å². The zero-order valence-electron chi connectivity index (χ0n) is 12.5. The highest BCUT2D eigenvalue weighted by atomic mass is 19.1. The first-order valence-electron chi connectivity index (χ1n) is 7.40. The number of hydrogen-bond acceptors (Lipinski definition) is 3. The van der Waals surface area contributed by atoms with Crippen molar-refractivity contribution in [2.75, 3.05) is 33.4 Å². The standard InChI is InChI=1S/C16H23FN2O2/c1-21-12-13-6-8-19(11-13)9-7-16(20)18-10-14-4-2-3-5-15(14)17/h2-5,13H,6-12H2,1H3,(H,18,20). The Morgan fingerprint density at radius 3 is 3.05 bits per heavy atom. The Morgan fingerprint density at radius 2 is 2.29 bits per heavy atom. The molecule has 1 N–H and O–H groups in total. The summed E-state index contributed by atoms with van der Waals surface area (Å²) in [6.07, 6.45) is 1.58. The van der Waals surface area contributed by atoms with Gasteiger partial charge in [-0.25, -0.2) is 4.39 Å². The van der Waals surface area contributed by atoms with Gasteiger partial charge >= 0.3 is 0 Å². The van der Waals surface area contributed by atoms with Crippen molar-refractivity contribution < 1.29 is 13.9 Å². The Hall–Kier alpha value is -1.46. The summed E-state index contributed by atoms with van der Waals surface area (Å²) in [6.45, 7) is 3.81. The number of carbonyl (C=O) groups excluding carboxylic acids is 1. The molecule has 1 amide bonds. The SMILES string of the molecule is COCC1CCN(CCC(=O)NCc2ccccc2F)C1. The summed E-state index contributed by atoms with van der Waals surface area (Å²) in [7, 11) is 1.72. The van der Waals surface area contributed by atoms with E-state index in [2.05, 4.69) is 10.2 Å². The van der Waals surface area contributed by atoms with Crippen molar-refractivity contribution >= 4 is 5.91 Å². The first-order valence-corrected chi connectivity index (χ1v) is 7.40. The first kappa shape index (κ1) is 15.9. The van der Waals surface area contributed by atoms with Gasteiger partial charge in [0.1, 0.15) is 5.82 Å². The highest BCUT2D eigenvalue weighted by Gasteiger charge is 2.22. The smallest absolute Gasteiger partial charge is 0.221 e. The number of rotatable bonds is 7. The van der Waals surface area contributed by atoms with Crippen LogP contribution in [0.25, 0.3) is 0 Å². The van der Waals surface area contributed by atoms with E-state index >= 15 is 0 Å². The maximum Gasteiger partial charge on any atom is 0.221 e. The molecule has 0 aliphatic carbocycles. The molecule has 5 heteroatoms. The van der Waals surface area contributed by atoms with Crippen molar-refractivity contribution in [3.8, 4) is 0 Å². The lowest BCUT2D eigenvalue weighted by Gasteiger charge is -2.15. The normalized spacial score (nSPS) is 18.9. The first-order chi connectivity index (χ1) is 10.2. The van der Waals surface area contributed by atoms with Crippen LogP contribution in [-0.2, 0) is 16.1 Å². The predicted molar refractivity (Wildman–Crippen MR) is 79.3 cm³/mol. The van der Waals surface area contributed by atoms with Crippen molar-refractivity contribution in [3.63, 3.8) is 0 Å². The molecule has 0 radical (unpaired) electrons. The quantitative estimate of drug-likeness (QED) is 0.834. The van der Waals surface area contributed by atoms with Gasteiger partial charge in [0.15, 0.2) is 0 Å². The van der Waals surface area contributed by atoms with Gasteiger partial charge in [0.2, 0.25) is 5.91 Å². The van der Waals surface area contributed by atoms with E-state index in [1.165, 1.54) is 6.07 Å². The van der Waals surface area contributed by atoms with E-state index in [4.69, 9.17) is 4.74 Å². The molecular weight excluding hydrogens is 271 g/mol. The van der Waals surface area contributed by atoms with Gasteiger partial charge in [0.25, 0.3) is 0 Å². The van der Waals surface area contributed by atoms with Crippen molar-refractivity contribution in [2.24, 2.45) is 5.92 Å². The third kappa shape index (κ3) is 5.10. The molecule has 1 aliphatic rings. The summed E-state index contributed by atoms with van der Waals surface area (Å²) in [5, 5.41) is 2.77. The number of nitrogens with one attached hydrogen (secondary N) is 1. The third-order valence-electron chi connectivity index (χ3n) is 3.86.